The Kier molecular flexibility index (Phi) is 7.84. The number of nitrogens with zero attached hydrogens (tertiary/aromatic N) is 5. The molecule has 1 aliphatic rings. The molecule has 2 unspecified atom stereocenters. The van der Waals surface area contributed by atoms with Gasteiger partial charge in [-0.2, -0.15) is 18.3 Å². The lowest BCUT2D eigenvalue weighted by Crippen LogP contribution is -2.45. The van der Waals surface area contributed by atoms with E-state index in [4.69, 9.17) is 10.5 Å². The molecule has 220 valence electrons. The first kappa shape index (κ1) is 29.0. The fourth-order valence-electron chi connectivity index (χ4n) is 5.28. The number of carbonyl (C=O) groups is 2. The van der Waals surface area contributed by atoms with Gasteiger partial charge in [0, 0.05) is 37.1 Å². The predicted octanol–water partition coefficient (Wildman–Crippen LogP) is 4.85. The van der Waals surface area contributed by atoms with Crippen molar-refractivity contribution in [3.8, 4) is 11.1 Å². The molecule has 0 aliphatic carbocycles. The van der Waals surface area contributed by atoms with Crippen LogP contribution in [0.2, 0.25) is 0 Å². The summed E-state index contributed by atoms with van der Waals surface area (Å²) in [7, 11) is 0. The number of anilines is 3. The lowest BCUT2D eigenvalue weighted by molar-refractivity contribution is -0.137. The summed E-state index contributed by atoms with van der Waals surface area (Å²) in [5.41, 5.74) is 8.56. The van der Waals surface area contributed by atoms with Gasteiger partial charge >= 0.3 is 12.2 Å². The van der Waals surface area contributed by atoms with Gasteiger partial charge in [-0.05, 0) is 50.6 Å². The fourth-order valence-corrected chi connectivity index (χ4v) is 5.28. The Labute approximate surface area is 238 Å². The van der Waals surface area contributed by atoms with Crippen molar-refractivity contribution in [1.29, 1.82) is 0 Å². The van der Waals surface area contributed by atoms with E-state index >= 15 is 0 Å². The minimum atomic E-state index is -4.57. The molecule has 11 nitrogen and oxygen atoms in total. The Morgan fingerprint density at radius 3 is 2.40 bits per heavy atom. The van der Waals surface area contributed by atoms with Crippen molar-refractivity contribution in [3.05, 3.63) is 65.7 Å². The van der Waals surface area contributed by atoms with E-state index in [0.717, 1.165) is 18.3 Å². The first-order valence-electron chi connectivity index (χ1n) is 13.1. The molecule has 2 atom stereocenters. The van der Waals surface area contributed by atoms with Gasteiger partial charge < -0.3 is 15.8 Å². The van der Waals surface area contributed by atoms with Gasteiger partial charge in [-0.25, -0.2) is 19.3 Å². The molecule has 2 amide bonds. The maximum atomic E-state index is 13.1. The van der Waals surface area contributed by atoms with Gasteiger partial charge in [0.15, 0.2) is 11.6 Å². The highest BCUT2D eigenvalue weighted by Crippen LogP contribution is 2.37. The number of nitrogens with two attached hydrogens (primary N) is 1. The zero-order valence-corrected chi connectivity index (χ0v) is 23.1. The van der Waals surface area contributed by atoms with Gasteiger partial charge in [0.25, 0.3) is 0 Å². The van der Waals surface area contributed by atoms with Gasteiger partial charge in [-0.3, -0.25) is 15.0 Å². The molecular formula is C28H29F3N8O3. The summed E-state index contributed by atoms with van der Waals surface area (Å²) in [6, 6.07) is 7.40. The minimum Gasteiger partial charge on any atom is -0.382 e. The van der Waals surface area contributed by atoms with Crippen molar-refractivity contribution in [1.82, 2.24) is 24.5 Å². The van der Waals surface area contributed by atoms with Crippen molar-refractivity contribution in [3.63, 3.8) is 0 Å². The molecule has 42 heavy (non-hydrogen) atoms. The highest BCUT2D eigenvalue weighted by Gasteiger charge is 2.31. The molecule has 4 N–H and O–H groups in total. The maximum Gasteiger partial charge on any atom is 0.416 e. The number of pyridine rings is 1. The Morgan fingerprint density at radius 1 is 1.07 bits per heavy atom. The largest absolute Gasteiger partial charge is 0.416 e. The van der Waals surface area contributed by atoms with Crippen LogP contribution < -0.4 is 16.4 Å². The van der Waals surface area contributed by atoms with Crippen LogP contribution in [0.15, 0.2) is 48.9 Å². The monoisotopic (exact) mass is 582 g/mol. The summed E-state index contributed by atoms with van der Waals surface area (Å²) in [6.07, 6.45) is -2.20. The molecule has 3 aromatic heterocycles. The Bertz CT molecular complexity index is 1630. The Balaban J connectivity index is 1.44. The summed E-state index contributed by atoms with van der Waals surface area (Å²) in [4.78, 5) is 35.7. The van der Waals surface area contributed by atoms with Crippen LogP contribution in [-0.4, -0.2) is 61.6 Å². The van der Waals surface area contributed by atoms with E-state index in [9.17, 15) is 22.8 Å². The molecule has 4 aromatic rings. The van der Waals surface area contributed by atoms with E-state index in [1.54, 1.807) is 28.8 Å². The number of ketones is 1. The number of nitrogen functional groups attached to an aromatic ring is 1. The second-order valence-corrected chi connectivity index (χ2v) is 10.2. The molecular weight excluding hydrogens is 553 g/mol. The van der Waals surface area contributed by atoms with Gasteiger partial charge in [-0.15, -0.1) is 0 Å². The first-order valence-corrected chi connectivity index (χ1v) is 13.1. The molecule has 1 saturated heterocycles. The van der Waals surface area contributed by atoms with Crippen molar-refractivity contribution in [2.24, 2.45) is 0 Å². The number of halogens is 3. The standard InChI is InChI=1S/C28H29F3N8O3/c1-15-11-38(12-16(2)42-15)13-21-23(17(3)40)24(25-26(32)34-14-35-39(21)25)18-4-6-20(7-5-18)36-27(41)37-22-10-19(8-9-33-22)28(29,30)31/h4-10,14-16H,11-13H2,1-3H3,(H2,32,34,35)(H2,33,36,37,41). The number of urea groups is 1. The zero-order chi connectivity index (χ0) is 30.2. The van der Waals surface area contributed by atoms with E-state index in [2.05, 4.69) is 30.6 Å². The van der Waals surface area contributed by atoms with Crippen molar-refractivity contribution < 1.29 is 27.5 Å². The average molecular weight is 583 g/mol. The molecule has 4 heterocycles. The van der Waals surface area contributed by atoms with Crippen LogP contribution in [0.25, 0.3) is 16.6 Å². The number of alkyl halides is 3. The number of fused-ring (bicyclic) bond motifs is 1. The summed E-state index contributed by atoms with van der Waals surface area (Å²) < 4.78 is 46.4. The lowest BCUT2D eigenvalue weighted by Gasteiger charge is -2.35. The topological polar surface area (TPSA) is 140 Å². The third kappa shape index (κ3) is 6.04. The third-order valence-corrected chi connectivity index (χ3v) is 6.83. The number of hydrogen-bond acceptors (Lipinski definition) is 8. The second-order valence-electron chi connectivity index (χ2n) is 10.2. The minimum absolute atomic E-state index is 0.0292. The SMILES string of the molecule is CC(=O)c1c(-c2ccc(NC(=O)Nc3cc(C(F)(F)F)ccn3)cc2)c2c(N)ncnn2c1CN1CC(C)OC(C)C1. The zero-order valence-electron chi connectivity index (χ0n) is 23.1. The predicted molar refractivity (Wildman–Crippen MR) is 150 cm³/mol. The second kappa shape index (κ2) is 11.4. The van der Waals surface area contributed by atoms with Crippen LogP contribution >= 0.6 is 0 Å². The molecule has 1 aromatic carbocycles. The van der Waals surface area contributed by atoms with E-state index in [0.29, 0.717) is 53.2 Å². The van der Waals surface area contributed by atoms with Crippen molar-refractivity contribution in [2.45, 2.75) is 45.7 Å². The molecule has 0 radical (unpaired) electrons. The van der Waals surface area contributed by atoms with Gasteiger partial charge in [0.1, 0.15) is 17.7 Å². The number of Topliss-reactive ketones (excluding diaryl/α,β-unsaturated/α-hetero) is 1. The van der Waals surface area contributed by atoms with Crippen LogP contribution in [0.4, 0.5) is 35.3 Å². The van der Waals surface area contributed by atoms with Crippen molar-refractivity contribution in [2.75, 3.05) is 29.5 Å². The molecule has 0 spiro atoms. The van der Waals surface area contributed by atoms with E-state index in [1.807, 2.05) is 13.8 Å². The molecule has 1 aliphatic heterocycles. The van der Waals surface area contributed by atoms with E-state index in [1.165, 1.54) is 13.3 Å². The van der Waals surface area contributed by atoms with Crippen LogP contribution in [0.5, 0.6) is 0 Å². The fraction of sp³-hybridized carbons (Fsp3) is 0.321. The quantitative estimate of drug-likeness (QED) is 0.274. The number of aromatic nitrogens is 4. The number of ether oxygens (including phenoxy) is 1. The van der Waals surface area contributed by atoms with E-state index < -0.39 is 17.8 Å². The average Bonchev–Trinajstić information content (AvgIpc) is 3.23. The number of nitrogens with one attached hydrogen (secondary N) is 2. The van der Waals surface area contributed by atoms with Gasteiger partial charge in [0.05, 0.1) is 29.0 Å². The molecule has 1 fully saturated rings. The number of rotatable bonds is 6. The molecule has 0 saturated carbocycles. The molecule has 14 heteroatoms. The normalized spacial score (nSPS) is 17.8. The first-order chi connectivity index (χ1) is 19.9. The molecule has 0 bridgehead atoms. The van der Waals surface area contributed by atoms with Crippen LogP contribution in [0, 0.1) is 0 Å². The number of carbonyl (C=O) groups excluding carboxylic acids is 2. The Hall–Kier alpha value is -4.56. The van der Waals surface area contributed by atoms with Crippen LogP contribution in [-0.2, 0) is 17.5 Å². The summed E-state index contributed by atoms with van der Waals surface area (Å²) >= 11 is 0. The number of hydrogen-bond donors (Lipinski definition) is 3. The van der Waals surface area contributed by atoms with E-state index in [-0.39, 0.29) is 29.6 Å². The summed E-state index contributed by atoms with van der Waals surface area (Å²) in [5.74, 6) is -0.223. The molecule has 5 rings (SSSR count). The summed E-state index contributed by atoms with van der Waals surface area (Å²) in [6.45, 7) is 7.29. The Morgan fingerprint density at radius 2 is 1.76 bits per heavy atom. The highest BCUT2D eigenvalue weighted by atomic mass is 19.4. The van der Waals surface area contributed by atoms with Gasteiger partial charge in [-0.1, -0.05) is 12.1 Å². The van der Waals surface area contributed by atoms with Crippen molar-refractivity contribution >= 4 is 34.7 Å². The third-order valence-electron chi connectivity index (χ3n) is 6.83. The number of benzene rings is 1. The van der Waals surface area contributed by atoms with Gasteiger partial charge in [0.2, 0.25) is 0 Å². The van der Waals surface area contributed by atoms with Crippen LogP contribution in [0.1, 0.15) is 42.4 Å². The van der Waals surface area contributed by atoms with Crippen LogP contribution in [0.3, 0.4) is 0 Å². The maximum absolute atomic E-state index is 13.1. The number of morpholine rings is 1. The number of amides is 2. The summed E-state index contributed by atoms with van der Waals surface area (Å²) in [5, 5.41) is 9.29. The smallest absolute Gasteiger partial charge is 0.382 e. The lowest BCUT2D eigenvalue weighted by atomic mass is 9.98. The highest BCUT2D eigenvalue weighted by molar-refractivity contribution is 6.08.